The minimum Gasteiger partial charge on any atom is -0.348 e. The van der Waals surface area contributed by atoms with Gasteiger partial charge in [-0.15, -0.1) is 11.8 Å². The fourth-order valence-electron chi connectivity index (χ4n) is 2.50. The number of benzene rings is 1. The van der Waals surface area contributed by atoms with Crippen molar-refractivity contribution < 1.29 is 4.79 Å². The number of nitrogens with one attached hydrogen (secondary N) is 1. The molecule has 0 bridgehead atoms. The lowest BCUT2D eigenvalue weighted by Crippen LogP contribution is -2.35. The molecule has 0 aliphatic carbocycles. The molecule has 2 aromatic rings. The van der Waals surface area contributed by atoms with E-state index in [4.69, 9.17) is 11.6 Å². The monoisotopic (exact) mass is 334 g/mol. The Balaban J connectivity index is 1.74. The zero-order chi connectivity index (χ0) is 15.5. The highest BCUT2D eigenvalue weighted by Crippen LogP contribution is 2.37. The molecule has 0 radical (unpaired) electrons. The van der Waals surface area contributed by atoms with Gasteiger partial charge in [0, 0.05) is 27.9 Å². The van der Waals surface area contributed by atoms with Crippen molar-refractivity contribution in [3.05, 3.63) is 63.5 Å². The molecule has 1 atom stereocenters. The number of amides is 1. The number of rotatable bonds is 3. The molecule has 22 heavy (non-hydrogen) atoms. The molecule has 1 aliphatic rings. The summed E-state index contributed by atoms with van der Waals surface area (Å²) in [6, 6.07) is 10.5. The van der Waals surface area contributed by atoms with Crippen LogP contribution in [0.2, 0.25) is 5.02 Å². The summed E-state index contributed by atoms with van der Waals surface area (Å²) in [6.45, 7) is 0.0270. The van der Waals surface area contributed by atoms with Gasteiger partial charge in [0.1, 0.15) is 6.54 Å². The maximum atomic E-state index is 12.2. The van der Waals surface area contributed by atoms with E-state index in [2.05, 4.69) is 5.32 Å². The summed E-state index contributed by atoms with van der Waals surface area (Å²) in [5.74, 6) is 0.779. The molecule has 0 spiro atoms. The van der Waals surface area contributed by atoms with Crippen LogP contribution in [0.1, 0.15) is 18.0 Å². The van der Waals surface area contributed by atoms with Gasteiger partial charge in [-0.2, -0.15) is 0 Å². The summed E-state index contributed by atoms with van der Waals surface area (Å²) >= 11 is 7.83. The molecule has 1 amide bonds. The lowest BCUT2D eigenvalue weighted by molar-refractivity contribution is -0.122. The molecule has 1 aromatic carbocycles. The van der Waals surface area contributed by atoms with Crippen molar-refractivity contribution in [3.8, 4) is 0 Å². The van der Waals surface area contributed by atoms with Crippen LogP contribution in [0.15, 0.2) is 52.3 Å². The Kier molecular flexibility index (Phi) is 4.55. The van der Waals surface area contributed by atoms with Crippen molar-refractivity contribution in [2.75, 3.05) is 5.75 Å². The van der Waals surface area contributed by atoms with Crippen molar-refractivity contribution >= 4 is 29.3 Å². The van der Waals surface area contributed by atoms with E-state index in [1.165, 1.54) is 10.6 Å². The lowest BCUT2D eigenvalue weighted by Gasteiger charge is -2.26. The van der Waals surface area contributed by atoms with Crippen LogP contribution in [0.3, 0.4) is 0 Å². The molecule has 3 rings (SSSR count). The molecule has 0 unspecified atom stereocenters. The molecule has 1 aromatic heterocycles. The second kappa shape index (κ2) is 6.58. The van der Waals surface area contributed by atoms with Gasteiger partial charge in [-0.3, -0.25) is 9.59 Å². The predicted octanol–water partition coefficient (Wildman–Crippen LogP) is 2.86. The normalized spacial score (nSPS) is 16.9. The van der Waals surface area contributed by atoms with Gasteiger partial charge in [0.2, 0.25) is 5.91 Å². The molecule has 0 saturated heterocycles. The van der Waals surface area contributed by atoms with Crippen LogP contribution in [0.4, 0.5) is 0 Å². The van der Waals surface area contributed by atoms with Crippen LogP contribution in [0.5, 0.6) is 0 Å². The smallest absolute Gasteiger partial charge is 0.250 e. The highest BCUT2D eigenvalue weighted by molar-refractivity contribution is 7.99. The Labute approximate surface area is 137 Å². The second-order valence-corrected chi connectivity index (χ2v) is 6.68. The standard InChI is InChI=1S/C16H15ClN2O2S/c17-11-4-5-14-12(9-11)13(6-8-22-14)18-15(20)10-19-7-2-1-3-16(19)21/h1-5,7,9,13H,6,8,10H2,(H,18,20)/t13-/m0/s1. The van der Waals surface area contributed by atoms with E-state index in [1.54, 1.807) is 30.1 Å². The van der Waals surface area contributed by atoms with Crippen molar-refractivity contribution in [2.45, 2.75) is 23.9 Å². The number of hydrogen-bond acceptors (Lipinski definition) is 3. The summed E-state index contributed by atoms with van der Waals surface area (Å²) in [7, 11) is 0. The largest absolute Gasteiger partial charge is 0.348 e. The van der Waals surface area contributed by atoms with Crippen LogP contribution in [-0.4, -0.2) is 16.2 Å². The number of thioether (sulfide) groups is 1. The van der Waals surface area contributed by atoms with Crippen LogP contribution in [-0.2, 0) is 11.3 Å². The molecule has 4 nitrogen and oxygen atoms in total. The van der Waals surface area contributed by atoms with Crippen molar-refractivity contribution in [3.63, 3.8) is 0 Å². The number of halogens is 1. The minimum atomic E-state index is -0.180. The zero-order valence-corrected chi connectivity index (χ0v) is 13.4. The Morgan fingerprint density at radius 3 is 3.05 bits per heavy atom. The molecular weight excluding hydrogens is 320 g/mol. The predicted molar refractivity (Wildman–Crippen MR) is 88.4 cm³/mol. The average Bonchev–Trinajstić information content (AvgIpc) is 2.50. The second-order valence-electron chi connectivity index (χ2n) is 5.11. The Morgan fingerprint density at radius 1 is 1.36 bits per heavy atom. The summed E-state index contributed by atoms with van der Waals surface area (Å²) < 4.78 is 1.39. The number of carbonyl (C=O) groups is 1. The van der Waals surface area contributed by atoms with Gasteiger partial charge in [0.15, 0.2) is 0 Å². The first-order chi connectivity index (χ1) is 10.6. The first kappa shape index (κ1) is 15.2. The Hall–Kier alpha value is -1.72. The fourth-order valence-corrected chi connectivity index (χ4v) is 3.79. The number of fused-ring (bicyclic) bond motifs is 1. The van der Waals surface area contributed by atoms with E-state index < -0.39 is 0 Å². The highest BCUT2D eigenvalue weighted by Gasteiger charge is 2.22. The summed E-state index contributed by atoms with van der Waals surface area (Å²) in [4.78, 5) is 25.0. The molecule has 1 N–H and O–H groups in total. The third-order valence-corrected chi connectivity index (χ3v) is 4.92. The van der Waals surface area contributed by atoms with Crippen molar-refractivity contribution in [2.24, 2.45) is 0 Å². The quantitative estimate of drug-likeness (QED) is 0.939. The topological polar surface area (TPSA) is 51.1 Å². The number of pyridine rings is 1. The number of carbonyl (C=O) groups excluding carboxylic acids is 1. The van der Waals surface area contributed by atoms with Crippen LogP contribution in [0, 0.1) is 0 Å². The van der Waals surface area contributed by atoms with E-state index in [0.29, 0.717) is 5.02 Å². The van der Waals surface area contributed by atoms with E-state index in [-0.39, 0.29) is 24.1 Å². The first-order valence-corrected chi connectivity index (χ1v) is 8.37. The first-order valence-electron chi connectivity index (χ1n) is 7.00. The molecule has 0 fully saturated rings. The summed E-state index contributed by atoms with van der Waals surface area (Å²) in [5, 5.41) is 3.67. The van der Waals surface area contributed by atoms with Gasteiger partial charge in [-0.25, -0.2) is 0 Å². The van der Waals surface area contributed by atoms with E-state index in [0.717, 1.165) is 22.6 Å². The number of nitrogens with zero attached hydrogens (tertiary/aromatic N) is 1. The molecule has 6 heteroatoms. The Morgan fingerprint density at radius 2 is 2.23 bits per heavy atom. The van der Waals surface area contributed by atoms with E-state index >= 15 is 0 Å². The number of aromatic nitrogens is 1. The van der Waals surface area contributed by atoms with Gasteiger partial charge in [-0.05, 0) is 36.2 Å². The van der Waals surface area contributed by atoms with Gasteiger partial charge in [0.25, 0.3) is 5.56 Å². The Bertz CT molecular complexity index is 760. The van der Waals surface area contributed by atoms with Gasteiger partial charge >= 0.3 is 0 Å². The third kappa shape index (κ3) is 3.36. The van der Waals surface area contributed by atoms with Crippen LogP contribution in [0.25, 0.3) is 0 Å². The third-order valence-electron chi connectivity index (χ3n) is 3.56. The highest BCUT2D eigenvalue weighted by atomic mass is 35.5. The maximum Gasteiger partial charge on any atom is 0.250 e. The molecule has 0 saturated carbocycles. The maximum absolute atomic E-state index is 12.2. The van der Waals surface area contributed by atoms with Gasteiger partial charge < -0.3 is 9.88 Å². The van der Waals surface area contributed by atoms with Crippen molar-refractivity contribution in [1.82, 2.24) is 9.88 Å². The lowest BCUT2D eigenvalue weighted by atomic mass is 10.0. The van der Waals surface area contributed by atoms with E-state index in [1.807, 2.05) is 18.2 Å². The van der Waals surface area contributed by atoms with E-state index in [9.17, 15) is 9.59 Å². The van der Waals surface area contributed by atoms with Gasteiger partial charge in [0.05, 0.1) is 6.04 Å². The molecule has 1 aliphatic heterocycles. The van der Waals surface area contributed by atoms with Crippen LogP contribution < -0.4 is 10.9 Å². The van der Waals surface area contributed by atoms with Crippen LogP contribution >= 0.6 is 23.4 Å². The minimum absolute atomic E-state index is 0.0270. The molecule has 2 heterocycles. The fraction of sp³-hybridized carbons (Fsp3) is 0.250. The molecular formula is C16H15ClN2O2S. The zero-order valence-electron chi connectivity index (χ0n) is 11.8. The average molecular weight is 335 g/mol. The SMILES string of the molecule is O=C(Cn1ccccc1=O)N[C@H]1CCSc2ccc(Cl)cc21. The van der Waals surface area contributed by atoms with Crippen molar-refractivity contribution in [1.29, 1.82) is 0 Å². The summed E-state index contributed by atoms with van der Waals surface area (Å²) in [5.41, 5.74) is 0.873. The molecule has 114 valence electrons. The van der Waals surface area contributed by atoms with Gasteiger partial charge in [-0.1, -0.05) is 17.7 Å². The summed E-state index contributed by atoms with van der Waals surface area (Å²) in [6.07, 6.45) is 2.47. The number of hydrogen-bond donors (Lipinski definition) is 1.